The van der Waals surface area contributed by atoms with Gasteiger partial charge in [-0.25, -0.2) is 0 Å². The number of phenols is 1. The molecular weight excluding hydrogens is 514 g/mol. The number of methoxy groups -OCH3 is 1. The van der Waals surface area contributed by atoms with Crippen molar-refractivity contribution < 1.29 is 38.8 Å². The van der Waals surface area contributed by atoms with Gasteiger partial charge in [-0.2, -0.15) is 0 Å². The van der Waals surface area contributed by atoms with Gasteiger partial charge in [0.05, 0.1) is 19.3 Å². The first-order valence-electron chi connectivity index (χ1n) is 12.9. The standard InChI is InChI=1S/C31H29NO8/c1-5-12-39-22-11-10-17(18-8-6-7-9-19(18)22)15-32-30(37)26-23(38-4)13-21(35)27-28(26)40-24-14-20(34)25(16(2)33)29(36)31(24,27)3/h6-11,13-14,34-35H,5,12,15H2,1-4H3,(H,32,37)/t31-/m1/s1. The van der Waals surface area contributed by atoms with Crippen LogP contribution in [0.4, 0.5) is 0 Å². The van der Waals surface area contributed by atoms with Crippen LogP contribution in [0.15, 0.2) is 65.6 Å². The number of aliphatic hydroxyl groups excluding tert-OH is 1. The molecule has 3 aromatic carbocycles. The number of carbonyl (C=O) groups is 3. The maximum Gasteiger partial charge on any atom is 0.259 e. The molecule has 40 heavy (non-hydrogen) atoms. The summed E-state index contributed by atoms with van der Waals surface area (Å²) < 4.78 is 17.2. The highest BCUT2D eigenvalue weighted by atomic mass is 16.5. The van der Waals surface area contributed by atoms with Gasteiger partial charge in [0.1, 0.15) is 45.3 Å². The van der Waals surface area contributed by atoms with Gasteiger partial charge in [0.15, 0.2) is 17.3 Å². The van der Waals surface area contributed by atoms with Crippen LogP contribution in [-0.2, 0) is 21.5 Å². The normalized spacial score (nSPS) is 17.6. The van der Waals surface area contributed by atoms with Crippen molar-refractivity contribution in [2.75, 3.05) is 13.7 Å². The Balaban J connectivity index is 1.53. The maximum absolute atomic E-state index is 13.6. The van der Waals surface area contributed by atoms with Crippen LogP contribution in [-0.4, -0.2) is 41.4 Å². The number of amides is 1. The first-order chi connectivity index (χ1) is 19.1. The molecule has 1 atom stereocenters. The van der Waals surface area contributed by atoms with Gasteiger partial charge in [-0.3, -0.25) is 14.4 Å². The Morgan fingerprint density at radius 3 is 2.48 bits per heavy atom. The Kier molecular flexibility index (Phi) is 6.75. The molecule has 0 radical (unpaired) electrons. The maximum atomic E-state index is 13.6. The molecule has 0 fully saturated rings. The summed E-state index contributed by atoms with van der Waals surface area (Å²) >= 11 is 0. The van der Waals surface area contributed by atoms with Crippen LogP contribution in [0.1, 0.15) is 48.7 Å². The van der Waals surface area contributed by atoms with Gasteiger partial charge in [0.2, 0.25) is 0 Å². The number of aliphatic hydroxyl groups is 1. The van der Waals surface area contributed by atoms with Gasteiger partial charge < -0.3 is 29.7 Å². The Morgan fingerprint density at radius 1 is 1.07 bits per heavy atom. The van der Waals surface area contributed by atoms with Gasteiger partial charge in [0, 0.05) is 24.1 Å². The SMILES string of the molecule is CCCOc1ccc(CNC(=O)c2c(OC)cc(O)c3c2OC2=CC(O)=C(C(C)=O)C(=O)[C@]23C)c2ccccc12. The topological polar surface area (TPSA) is 131 Å². The van der Waals surface area contributed by atoms with Crippen LogP contribution < -0.4 is 19.5 Å². The molecule has 9 nitrogen and oxygen atoms in total. The lowest BCUT2D eigenvalue weighted by molar-refractivity contribution is -0.123. The van der Waals surface area contributed by atoms with Gasteiger partial charge >= 0.3 is 0 Å². The molecule has 9 heteroatoms. The van der Waals surface area contributed by atoms with Crippen molar-refractivity contribution in [2.24, 2.45) is 0 Å². The third kappa shape index (κ3) is 4.05. The summed E-state index contributed by atoms with van der Waals surface area (Å²) in [7, 11) is 1.34. The van der Waals surface area contributed by atoms with Crippen LogP contribution in [0.3, 0.4) is 0 Å². The predicted molar refractivity (Wildman–Crippen MR) is 147 cm³/mol. The summed E-state index contributed by atoms with van der Waals surface area (Å²) in [6, 6.07) is 12.7. The molecule has 1 heterocycles. The molecule has 0 unspecified atom stereocenters. The van der Waals surface area contributed by atoms with E-state index in [1.165, 1.54) is 33.1 Å². The number of fused-ring (bicyclic) bond motifs is 4. The largest absolute Gasteiger partial charge is 0.507 e. The van der Waals surface area contributed by atoms with Crippen molar-refractivity contribution in [2.45, 2.75) is 39.2 Å². The van der Waals surface area contributed by atoms with E-state index in [1.54, 1.807) is 0 Å². The van der Waals surface area contributed by atoms with Crippen LogP contribution in [0.5, 0.6) is 23.0 Å². The van der Waals surface area contributed by atoms with E-state index in [0.717, 1.165) is 28.5 Å². The summed E-state index contributed by atoms with van der Waals surface area (Å²) in [5.74, 6) is -2.12. The molecule has 0 aromatic heterocycles. The lowest BCUT2D eigenvalue weighted by Crippen LogP contribution is -2.38. The van der Waals surface area contributed by atoms with E-state index in [4.69, 9.17) is 14.2 Å². The molecule has 1 amide bonds. The first kappa shape index (κ1) is 26.8. The molecule has 1 aliphatic carbocycles. The van der Waals surface area contributed by atoms with E-state index in [2.05, 4.69) is 5.32 Å². The number of aromatic hydroxyl groups is 1. The number of phenolic OH excluding ortho intramolecular Hbond substituents is 1. The van der Waals surface area contributed by atoms with Crippen molar-refractivity contribution in [3.8, 4) is 23.0 Å². The smallest absolute Gasteiger partial charge is 0.259 e. The Hall–Kier alpha value is -4.79. The van der Waals surface area contributed by atoms with E-state index >= 15 is 0 Å². The molecule has 5 rings (SSSR count). The number of ether oxygens (including phenoxy) is 3. The summed E-state index contributed by atoms with van der Waals surface area (Å²) in [6.07, 6.45) is 2.04. The average Bonchev–Trinajstić information content (AvgIpc) is 3.23. The van der Waals surface area contributed by atoms with Crippen LogP contribution in [0, 0.1) is 0 Å². The summed E-state index contributed by atoms with van der Waals surface area (Å²) in [5.41, 5.74) is -1.19. The van der Waals surface area contributed by atoms with Crippen LogP contribution >= 0.6 is 0 Å². The van der Waals surface area contributed by atoms with E-state index in [1.807, 2.05) is 43.3 Å². The van der Waals surface area contributed by atoms with Gasteiger partial charge in [-0.15, -0.1) is 0 Å². The van der Waals surface area contributed by atoms with Crippen molar-refractivity contribution in [3.63, 3.8) is 0 Å². The number of ketones is 2. The van der Waals surface area contributed by atoms with Gasteiger partial charge in [-0.1, -0.05) is 37.3 Å². The second-order valence-corrected chi connectivity index (χ2v) is 9.86. The molecule has 2 aliphatic rings. The fraction of sp³-hybridized carbons (Fsp3) is 0.258. The highest BCUT2D eigenvalue weighted by Gasteiger charge is 2.55. The molecule has 3 N–H and O–H groups in total. The zero-order valence-corrected chi connectivity index (χ0v) is 22.6. The number of carbonyl (C=O) groups excluding carboxylic acids is 3. The molecule has 1 aliphatic heterocycles. The third-order valence-corrected chi connectivity index (χ3v) is 7.31. The molecule has 0 bridgehead atoms. The summed E-state index contributed by atoms with van der Waals surface area (Å²) in [5, 5.41) is 26.0. The molecule has 0 spiro atoms. The number of hydrogen-bond donors (Lipinski definition) is 3. The van der Waals surface area contributed by atoms with Crippen molar-refractivity contribution in [1.29, 1.82) is 0 Å². The van der Waals surface area contributed by atoms with E-state index < -0.39 is 34.2 Å². The highest BCUT2D eigenvalue weighted by molar-refractivity contribution is 6.25. The van der Waals surface area contributed by atoms with Crippen molar-refractivity contribution in [3.05, 3.63) is 82.3 Å². The molecular formula is C31H29NO8. The number of allylic oxidation sites excluding steroid dienone is 3. The monoisotopic (exact) mass is 543 g/mol. The number of benzene rings is 3. The Morgan fingerprint density at radius 2 is 1.80 bits per heavy atom. The second kappa shape index (κ2) is 10.1. The number of rotatable bonds is 8. The van der Waals surface area contributed by atoms with Gasteiger partial charge in [-0.05, 0) is 37.3 Å². The van der Waals surface area contributed by atoms with Crippen LogP contribution in [0.2, 0.25) is 0 Å². The fourth-order valence-electron chi connectivity index (χ4n) is 5.31. The summed E-state index contributed by atoms with van der Waals surface area (Å²) in [6.45, 7) is 5.42. The molecule has 0 saturated heterocycles. The Labute approximate surface area is 230 Å². The van der Waals surface area contributed by atoms with E-state index in [-0.39, 0.29) is 40.7 Å². The number of Topliss-reactive ketones (excluding diaryl/α,β-unsaturated/α-hetero) is 2. The molecule has 206 valence electrons. The third-order valence-electron chi connectivity index (χ3n) is 7.31. The zero-order valence-electron chi connectivity index (χ0n) is 22.6. The second-order valence-electron chi connectivity index (χ2n) is 9.86. The average molecular weight is 544 g/mol. The van der Waals surface area contributed by atoms with Gasteiger partial charge in [0.25, 0.3) is 5.91 Å². The first-order valence-corrected chi connectivity index (χ1v) is 12.9. The lowest BCUT2D eigenvalue weighted by atomic mass is 9.71. The molecule has 3 aromatic rings. The minimum absolute atomic E-state index is 0.0127. The number of nitrogens with one attached hydrogen (secondary N) is 1. The lowest BCUT2D eigenvalue weighted by Gasteiger charge is -2.27. The summed E-state index contributed by atoms with van der Waals surface area (Å²) in [4.78, 5) is 39.2. The minimum Gasteiger partial charge on any atom is -0.507 e. The molecule has 0 saturated carbocycles. The Bertz CT molecular complexity index is 1650. The quantitative estimate of drug-likeness (QED) is 0.346. The van der Waals surface area contributed by atoms with Crippen molar-refractivity contribution in [1.82, 2.24) is 5.32 Å². The number of hydrogen-bond acceptors (Lipinski definition) is 8. The van der Waals surface area contributed by atoms with E-state index in [9.17, 15) is 24.6 Å². The van der Waals surface area contributed by atoms with Crippen molar-refractivity contribution >= 4 is 28.2 Å². The van der Waals surface area contributed by atoms with Crippen LogP contribution in [0.25, 0.3) is 10.8 Å². The zero-order chi connectivity index (χ0) is 28.8. The highest BCUT2D eigenvalue weighted by Crippen LogP contribution is 2.56. The minimum atomic E-state index is -1.63. The fourth-order valence-corrected chi connectivity index (χ4v) is 5.31. The predicted octanol–water partition coefficient (Wildman–Crippen LogP) is 4.79. The van der Waals surface area contributed by atoms with E-state index in [0.29, 0.717) is 6.61 Å².